The monoisotopic (exact) mass is 234 g/mol. The van der Waals surface area contributed by atoms with Crippen molar-refractivity contribution < 1.29 is 4.79 Å². The minimum Gasteiger partial charge on any atom is -0.298 e. The van der Waals surface area contributed by atoms with Crippen molar-refractivity contribution in [3.8, 4) is 11.8 Å². The maximum Gasteiger partial charge on any atom is 0.151 e. The van der Waals surface area contributed by atoms with Gasteiger partial charge in [-0.15, -0.1) is 0 Å². The first-order chi connectivity index (χ1) is 8.90. The molecule has 0 radical (unpaired) electrons. The van der Waals surface area contributed by atoms with E-state index in [1.54, 1.807) is 6.07 Å². The van der Waals surface area contributed by atoms with Crippen LogP contribution in [0, 0.1) is 11.8 Å². The Morgan fingerprint density at radius 1 is 0.944 bits per heavy atom. The van der Waals surface area contributed by atoms with Crippen LogP contribution >= 0.6 is 0 Å². The number of hydrogen-bond donors (Lipinski definition) is 0. The van der Waals surface area contributed by atoms with E-state index in [1.807, 2.05) is 36.4 Å². The molecule has 0 aliphatic carbocycles. The van der Waals surface area contributed by atoms with E-state index in [4.69, 9.17) is 0 Å². The molecule has 0 saturated carbocycles. The molecule has 18 heavy (non-hydrogen) atoms. The molecule has 88 valence electrons. The standard InChI is InChI=1S/C17H14O/c18-14-17-13-7-6-12-16(17)11-5-4-10-15-8-2-1-3-9-15/h1-3,6-9,12-14H,4,10H2. The van der Waals surface area contributed by atoms with E-state index in [-0.39, 0.29) is 0 Å². The summed E-state index contributed by atoms with van der Waals surface area (Å²) in [5, 5.41) is 0. The van der Waals surface area contributed by atoms with Crippen molar-refractivity contribution in [1.82, 2.24) is 0 Å². The van der Waals surface area contributed by atoms with Gasteiger partial charge >= 0.3 is 0 Å². The van der Waals surface area contributed by atoms with Gasteiger partial charge in [-0.1, -0.05) is 60.4 Å². The molecule has 0 amide bonds. The minimum atomic E-state index is 0.657. The fourth-order valence-electron chi connectivity index (χ4n) is 1.72. The molecule has 0 saturated heterocycles. The van der Waals surface area contributed by atoms with Crippen LogP contribution in [-0.4, -0.2) is 6.29 Å². The summed E-state index contributed by atoms with van der Waals surface area (Å²) >= 11 is 0. The van der Waals surface area contributed by atoms with Crippen LogP contribution in [0.3, 0.4) is 0 Å². The molecular weight excluding hydrogens is 220 g/mol. The van der Waals surface area contributed by atoms with Gasteiger partial charge in [-0.2, -0.15) is 0 Å². The Kier molecular flexibility index (Phi) is 4.33. The maximum absolute atomic E-state index is 10.8. The van der Waals surface area contributed by atoms with Crippen LogP contribution < -0.4 is 0 Å². The second-order valence-electron chi connectivity index (χ2n) is 3.99. The van der Waals surface area contributed by atoms with Crippen LogP contribution in [0.2, 0.25) is 0 Å². The molecule has 0 unspecified atom stereocenters. The number of aryl methyl sites for hydroxylation is 1. The van der Waals surface area contributed by atoms with Gasteiger partial charge in [-0.05, 0) is 18.1 Å². The predicted molar refractivity (Wildman–Crippen MR) is 73.5 cm³/mol. The summed E-state index contributed by atoms with van der Waals surface area (Å²) in [5.41, 5.74) is 2.75. The lowest BCUT2D eigenvalue weighted by atomic mass is 10.1. The zero-order valence-corrected chi connectivity index (χ0v) is 10.1. The number of hydrogen-bond acceptors (Lipinski definition) is 1. The first-order valence-corrected chi connectivity index (χ1v) is 5.97. The molecule has 0 aliphatic heterocycles. The summed E-state index contributed by atoms with van der Waals surface area (Å²) in [6.45, 7) is 0. The third kappa shape index (κ3) is 3.33. The average molecular weight is 234 g/mol. The highest BCUT2D eigenvalue weighted by Crippen LogP contribution is 2.05. The summed E-state index contributed by atoms with van der Waals surface area (Å²) in [5.74, 6) is 6.17. The van der Waals surface area contributed by atoms with Gasteiger partial charge in [0, 0.05) is 17.5 Å². The van der Waals surface area contributed by atoms with Crippen molar-refractivity contribution in [1.29, 1.82) is 0 Å². The molecule has 0 spiro atoms. The molecule has 2 rings (SSSR count). The molecule has 0 bridgehead atoms. The van der Waals surface area contributed by atoms with Crippen molar-refractivity contribution in [2.24, 2.45) is 0 Å². The molecule has 2 aromatic rings. The Hall–Kier alpha value is -2.33. The Labute approximate surface area is 107 Å². The lowest BCUT2D eigenvalue weighted by molar-refractivity contribution is 0.112. The minimum absolute atomic E-state index is 0.657. The van der Waals surface area contributed by atoms with Gasteiger partial charge in [0.2, 0.25) is 0 Å². The molecule has 0 N–H and O–H groups in total. The van der Waals surface area contributed by atoms with Crippen molar-refractivity contribution in [2.45, 2.75) is 12.8 Å². The summed E-state index contributed by atoms with van der Waals surface area (Å²) < 4.78 is 0. The van der Waals surface area contributed by atoms with Crippen molar-refractivity contribution in [3.63, 3.8) is 0 Å². The van der Waals surface area contributed by atoms with E-state index in [0.717, 1.165) is 24.7 Å². The number of benzene rings is 2. The van der Waals surface area contributed by atoms with Crippen molar-refractivity contribution >= 4 is 6.29 Å². The SMILES string of the molecule is O=Cc1ccccc1C#CCCc1ccccc1. The molecule has 0 aliphatic rings. The number of aldehydes is 1. The Bertz CT molecular complexity index is 573. The highest BCUT2D eigenvalue weighted by Gasteiger charge is 1.95. The van der Waals surface area contributed by atoms with Gasteiger partial charge in [0.15, 0.2) is 6.29 Å². The van der Waals surface area contributed by atoms with Crippen LogP contribution in [0.15, 0.2) is 54.6 Å². The zero-order chi connectivity index (χ0) is 12.6. The van der Waals surface area contributed by atoms with Crippen molar-refractivity contribution in [2.75, 3.05) is 0 Å². The van der Waals surface area contributed by atoms with Crippen LogP contribution in [0.25, 0.3) is 0 Å². The van der Waals surface area contributed by atoms with Gasteiger partial charge in [0.05, 0.1) is 0 Å². The van der Waals surface area contributed by atoms with Gasteiger partial charge in [-0.3, -0.25) is 4.79 Å². The van der Waals surface area contributed by atoms with E-state index in [9.17, 15) is 4.79 Å². The summed E-state index contributed by atoms with van der Waals surface area (Å²) in [4.78, 5) is 10.8. The van der Waals surface area contributed by atoms with Gasteiger partial charge in [0.25, 0.3) is 0 Å². The Morgan fingerprint density at radius 2 is 1.67 bits per heavy atom. The van der Waals surface area contributed by atoms with Gasteiger partial charge in [0.1, 0.15) is 0 Å². The third-order valence-electron chi connectivity index (χ3n) is 2.69. The van der Waals surface area contributed by atoms with Crippen LogP contribution in [0.4, 0.5) is 0 Å². The quantitative estimate of drug-likeness (QED) is 0.587. The number of carbonyl (C=O) groups is 1. The van der Waals surface area contributed by atoms with E-state index in [0.29, 0.717) is 5.56 Å². The molecular formula is C17H14O. The van der Waals surface area contributed by atoms with E-state index < -0.39 is 0 Å². The molecule has 0 heterocycles. The zero-order valence-electron chi connectivity index (χ0n) is 10.1. The first-order valence-electron chi connectivity index (χ1n) is 5.97. The molecule has 0 atom stereocenters. The third-order valence-corrected chi connectivity index (χ3v) is 2.69. The predicted octanol–water partition coefficient (Wildman–Crippen LogP) is 3.48. The molecule has 2 aromatic carbocycles. The first kappa shape index (κ1) is 12.1. The normalized spacial score (nSPS) is 9.33. The fraction of sp³-hybridized carbons (Fsp3) is 0.118. The van der Waals surface area contributed by atoms with Crippen LogP contribution in [0.1, 0.15) is 27.9 Å². The van der Waals surface area contributed by atoms with E-state index in [1.165, 1.54) is 5.56 Å². The van der Waals surface area contributed by atoms with Gasteiger partial charge in [-0.25, -0.2) is 0 Å². The number of carbonyl (C=O) groups excluding carboxylic acids is 1. The molecule has 1 nitrogen and oxygen atoms in total. The summed E-state index contributed by atoms with van der Waals surface area (Å²) in [6.07, 6.45) is 2.59. The van der Waals surface area contributed by atoms with E-state index >= 15 is 0 Å². The smallest absolute Gasteiger partial charge is 0.151 e. The highest BCUT2D eigenvalue weighted by atomic mass is 16.1. The summed E-state index contributed by atoms with van der Waals surface area (Å²) in [7, 11) is 0. The molecule has 1 heteroatoms. The maximum atomic E-state index is 10.8. The number of rotatable bonds is 3. The Balaban J connectivity index is 1.98. The topological polar surface area (TPSA) is 17.1 Å². The second-order valence-corrected chi connectivity index (χ2v) is 3.99. The lowest BCUT2D eigenvalue weighted by Crippen LogP contribution is -1.86. The van der Waals surface area contributed by atoms with Crippen LogP contribution in [-0.2, 0) is 6.42 Å². The fourth-order valence-corrected chi connectivity index (χ4v) is 1.72. The lowest BCUT2D eigenvalue weighted by Gasteiger charge is -1.96. The highest BCUT2D eigenvalue weighted by molar-refractivity contribution is 5.79. The Morgan fingerprint density at radius 3 is 2.44 bits per heavy atom. The van der Waals surface area contributed by atoms with E-state index in [2.05, 4.69) is 24.0 Å². The molecule has 0 fully saturated rings. The largest absolute Gasteiger partial charge is 0.298 e. The second kappa shape index (κ2) is 6.42. The summed E-state index contributed by atoms with van der Waals surface area (Å²) in [6, 6.07) is 17.7. The van der Waals surface area contributed by atoms with Crippen LogP contribution in [0.5, 0.6) is 0 Å². The van der Waals surface area contributed by atoms with Gasteiger partial charge < -0.3 is 0 Å². The average Bonchev–Trinajstić information content (AvgIpc) is 2.45. The molecule has 0 aromatic heterocycles. The van der Waals surface area contributed by atoms with Crippen molar-refractivity contribution in [3.05, 3.63) is 71.3 Å².